The van der Waals surface area contributed by atoms with E-state index >= 15 is 0 Å². The van der Waals surface area contributed by atoms with Crippen LogP contribution in [0.4, 0.5) is 4.39 Å². The van der Waals surface area contributed by atoms with Gasteiger partial charge in [0, 0.05) is 17.1 Å². The molecular formula is C11H9ClFN. The summed E-state index contributed by atoms with van der Waals surface area (Å²) in [7, 11) is 0. The number of aromatic nitrogens is 1. The summed E-state index contributed by atoms with van der Waals surface area (Å²) in [5, 5.41) is 1.01. The van der Waals surface area contributed by atoms with E-state index in [1.165, 1.54) is 6.07 Å². The van der Waals surface area contributed by atoms with Crippen molar-refractivity contribution in [3.8, 4) is 0 Å². The van der Waals surface area contributed by atoms with Crippen LogP contribution >= 0.6 is 11.6 Å². The number of rotatable bonds is 2. The molecule has 14 heavy (non-hydrogen) atoms. The summed E-state index contributed by atoms with van der Waals surface area (Å²) in [4.78, 5) is 3.04. The second-order valence-corrected chi connectivity index (χ2v) is 3.53. The average molecular weight is 210 g/mol. The topological polar surface area (TPSA) is 15.8 Å². The van der Waals surface area contributed by atoms with E-state index in [0.717, 1.165) is 22.9 Å². The predicted octanol–water partition coefficient (Wildman–Crippen LogP) is 3.69. The predicted molar refractivity (Wildman–Crippen MR) is 57.2 cm³/mol. The third-order valence-corrected chi connectivity index (χ3v) is 2.46. The van der Waals surface area contributed by atoms with E-state index < -0.39 is 0 Å². The Morgan fingerprint density at radius 3 is 3.00 bits per heavy atom. The number of hydrogen-bond donors (Lipinski definition) is 1. The number of halogens is 2. The zero-order valence-corrected chi connectivity index (χ0v) is 8.24. The first-order valence-electron chi connectivity index (χ1n) is 4.28. The molecule has 72 valence electrons. The van der Waals surface area contributed by atoms with Gasteiger partial charge in [-0.05, 0) is 24.1 Å². The number of hydrogen-bond acceptors (Lipinski definition) is 0. The van der Waals surface area contributed by atoms with E-state index in [1.807, 2.05) is 6.20 Å². The van der Waals surface area contributed by atoms with Gasteiger partial charge in [0.1, 0.15) is 5.82 Å². The van der Waals surface area contributed by atoms with E-state index in [-0.39, 0.29) is 10.8 Å². The Morgan fingerprint density at radius 2 is 2.29 bits per heavy atom. The summed E-state index contributed by atoms with van der Waals surface area (Å²) in [5.74, 6) is -0.385. The van der Waals surface area contributed by atoms with E-state index in [9.17, 15) is 4.39 Å². The Labute approximate surface area is 86.2 Å². The Balaban J connectivity index is 2.67. The zero-order valence-electron chi connectivity index (χ0n) is 7.48. The van der Waals surface area contributed by atoms with Crippen molar-refractivity contribution in [3.05, 3.63) is 47.4 Å². The standard InChI is InChI=1S/C11H9ClFN/c1-2-3-7-6-14-11-5-9(12)10(13)4-8(7)11/h2,4-6,14H,1,3H2. The fourth-order valence-corrected chi connectivity index (χ4v) is 1.66. The SMILES string of the molecule is C=CCc1c[nH]c2cc(Cl)c(F)cc12. The van der Waals surface area contributed by atoms with Crippen LogP contribution in [0.3, 0.4) is 0 Å². The maximum Gasteiger partial charge on any atom is 0.142 e. The van der Waals surface area contributed by atoms with Crippen molar-refractivity contribution in [1.82, 2.24) is 4.98 Å². The molecule has 2 aromatic rings. The Kier molecular flexibility index (Phi) is 2.30. The van der Waals surface area contributed by atoms with E-state index in [4.69, 9.17) is 11.6 Å². The molecule has 0 bridgehead atoms. The minimum atomic E-state index is -0.385. The quantitative estimate of drug-likeness (QED) is 0.727. The molecule has 0 radical (unpaired) electrons. The molecule has 0 spiro atoms. The van der Waals surface area contributed by atoms with Gasteiger partial charge in [0.25, 0.3) is 0 Å². The number of allylic oxidation sites excluding steroid dienone is 1. The molecule has 1 N–H and O–H groups in total. The van der Waals surface area contributed by atoms with Gasteiger partial charge in [-0.1, -0.05) is 17.7 Å². The van der Waals surface area contributed by atoms with Gasteiger partial charge in [-0.15, -0.1) is 6.58 Å². The maximum atomic E-state index is 13.2. The first-order chi connectivity index (χ1) is 6.72. The summed E-state index contributed by atoms with van der Waals surface area (Å²) >= 11 is 5.66. The number of nitrogens with one attached hydrogen (secondary N) is 1. The lowest BCUT2D eigenvalue weighted by molar-refractivity contribution is 0.630. The average Bonchev–Trinajstić information content (AvgIpc) is 2.51. The van der Waals surface area contributed by atoms with E-state index in [1.54, 1.807) is 12.1 Å². The van der Waals surface area contributed by atoms with Gasteiger partial charge in [-0.25, -0.2) is 4.39 Å². The van der Waals surface area contributed by atoms with Gasteiger partial charge in [0.15, 0.2) is 0 Å². The molecule has 0 aliphatic rings. The molecule has 1 aromatic heterocycles. The number of H-pyrrole nitrogens is 1. The third kappa shape index (κ3) is 1.42. The highest BCUT2D eigenvalue weighted by molar-refractivity contribution is 6.31. The Morgan fingerprint density at radius 1 is 1.50 bits per heavy atom. The van der Waals surface area contributed by atoms with Crippen LogP contribution in [0.15, 0.2) is 31.0 Å². The largest absolute Gasteiger partial charge is 0.361 e. The normalized spacial score (nSPS) is 10.7. The fourth-order valence-electron chi connectivity index (χ4n) is 1.50. The van der Waals surface area contributed by atoms with Crippen molar-refractivity contribution >= 4 is 22.5 Å². The molecule has 0 saturated heterocycles. The molecule has 0 atom stereocenters. The third-order valence-electron chi connectivity index (χ3n) is 2.17. The van der Waals surface area contributed by atoms with Crippen LogP contribution in [0.25, 0.3) is 10.9 Å². The molecular weight excluding hydrogens is 201 g/mol. The number of aromatic amines is 1. The molecule has 3 heteroatoms. The Hall–Kier alpha value is -1.28. The summed E-state index contributed by atoms with van der Waals surface area (Å²) in [6.45, 7) is 3.65. The molecule has 0 unspecified atom stereocenters. The van der Waals surface area contributed by atoms with Crippen LogP contribution < -0.4 is 0 Å². The first kappa shape index (κ1) is 9.28. The van der Waals surface area contributed by atoms with Crippen molar-refractivity contribution in [2.75, 3.05) is 0 Å². The van der Waals surface area contributed by atoms with Gasteiger partial charge in [0.2, 0.25) is 0 Å². The molecule has 1 heterocycles. The van der Waals surface area contributed by atoms with Crippen LogP contribution in [0.2, 0.25) is 5.02 Å². The molecule has 0 amide bonds. The summed E-state index contributed by atoms with van der Waals surface area (Å²) in [6.07, 6.45) is 4.36. The number of benzene rings is 1. The van der Waals surface area contributed by atoms with Gasteiger partial charge >= 0.3 is 0 Å². The summed E-state index contributed by atoms with van der Waals surface area (Å²) < 4.78 is 13.2. The fraction of sp³-hybridized carbons (Fsp3) is 0.0909. The summed E-state index contributed by atoms with van der Waals surface area (Å²) in [6, 6.07) is 3.05. The first-order valence-corrected chi connectivity index (χ1v) is 4.66. The van der Waals surface area contributed by atoms with Gasteiger partial charge in [-0.2, -0.15) is 0 Å². The van der Waals surface area contributed by atoms with Crippen LogP contribution in [0.5, 0.6) is 0 Å². The highest BCUT2D eigenvalue weighted by Gasteiger charge is 2.06. The van der Waals surface area contributed by atoms with Crippen molar-refractivity contribution in [3.63, 3.8) is 0 Å². The second kappa shape index (κ2) is 3.46. The highest BCUT2D eigenvalue weighted by atomic mass is 35.5. The molecule has 2 rings (SSSR count). The van der Waals surface area contributed by atoms with Crippen molar-refractivity contribution < 1.29 is 4.39 Å². The van der Waals surface area contributed by atoms with Crippen molar-refractivity contribution in [2.24, 2.45) is 0 Å². The minimum absolute atomic E-state index is 0.143. The van der Waals surface area contributed by atoms with Crippen LogP contribution in [-0.4, -0.2) is 4.98 Å². The van der Waals surface area contributed by atoms with Gasteiger partial charge < -0.3 is 4.98 Å². The molecule has 0 aliphatic heterocycles. The number of fused-ring (bicyclic) bond motifs is 1. The van der Waals surface area contributed by atoms with E-state index in [0.29, 0.717) is 0 Å². The lowest BCUT2D eigenvalue weighted by Crippen LogP contribution is -1.80. The minimum Gasteiger partial charge on any atom is -0.361 e. The highest BCUT2D eigenvalue weighted by Crippen LogP contribution is 2.25. The second-order valence-electron chi connectivity index (χ2n) is 3.12. The van der Waals surface area contributed by atoms with Gasteiger partial charge in [0.05, 0.1) is 5.02 Å². The maximum absolute atomic E-state index is 13.2. The van der Waals surface area contributed by atoms with E-state index in [2.05, 4.69) is 11.6 Å². The molecule has 0 saturated carbocycles. The monoisotopic (exact) mass is 209 g/mol. The summed E-state index contributed by atoms with van der Waals surface area (Å²) in [5.41, 5.74) is 1.89. The van der Waals surface area contributed by atoms with Crippen LogP contribution in [0, 0.1) is 5.82 Å². The van der Waals surface area contributed by atoms with Gasteiger partial charge in [-0.3, -0.25) is 0 Å². The van der Waals surface area contributed by atoms with Crippen molar-refractivity contribution in [2.45, 2.75) is 6.42 Å². The molecule has 0 aliphatic carbocycles. The lowest BCUT2D eigenvalue weighted by atomic mass is 10.1. The molecule has 1 nitrogen and oxygen atoms in total. The zero-order chi connectivity index (χ0) is 10.1. The van der Waals surface area contributed by atoms with Crippen LogP contribution in [0.1, 0.15) is 5.56 Å². The Bertz CT molecular complexity index is 487. The van der Waals surface area contributed by atoms with Crippen molar-refractivity contribution in [1.29, 1.82) is 0 Å². The molecule has 0 fully saturated rings. The molecule has 1 aromatic carbocycles. The smallest absolute Gasteiger partial charge is 0.142 e. The van der Waals surface area contributed by atoms with Crippen LogP contribution in [-0.2, 0) is 6.42 Å². The lowest BCUT2D eigenvalue weighted by Gasteiger charge is -1.96.